The van der Waals surface area contributed by atoms with Gasteiger partial charge in [0.05, 0.1) is 23.8 Å². The smallest absolute Gasteiger partial charge is 0.261 e. The van der Waals surface area contributed by atoms with E-state index < -0.39 is 0 Å². The van der Waals surface area contributed by atoms with Crippen LogP contribution in [-0.2, 0) is 0 Å². The molecule has 4 rings (SSSR count). The van der Waals surface area contributed by atoms with Gasteiger partial charge in [0.25, 0.3) is 23.6 Å². The molecule has 8 heteroatoms. The number of ether oxygens (including phenoxy) is 1. The summed E-state index contributed by atoms with van der Waals surface area (Å²) in [5, 5.41) is 5.47. The van der Waals surface area contributed by atoms with Crippen molar-refractivity contribution >= 4 is 23.6 Å². The highest BCUT2D eigenvalue weighted by Gasteiger charge is 2.40. The van der Waals surface area contributed by atoms with E-state index in [1.54, 1.807) is 36.4 Å². The van der Waals surface area contributed by atoms with Crippen LogP contribution in [0.1, 0.15) is 73.5 Å². The summed E-state index contributed by atoms with van der Waals surface area (Å²) >= 11 is 0. The Morgan fingerprint density at radius 3 is 2.30 bits per heavy atom. The van der Waals surface area contributed by atoms with Crippen molar-refractivity contribution < 1.29 is 23.9 Å². The monoisotopic (exact) mass is 449 g/mol. The van der Waals surface area contributed by atoms with Crippen molar-refractivity contribution in [3.05, 3.63) is 64.7 Å². The Morgan fingerprint density at radius 2 is 1.58 bits per heavy atom. The molecule has 2 aromatic carbocycles. The number of imide groups is 1. The molecule has 33 heavy (non-hydrogen) atoms. The molecule has 0 unspecified atom stereocenters. The van der Waals surface area contributed by atoms with Crippen molar-refractivity contribution in [1.82, 2.24) is 15.5 Å². The van der Waals surface area contributed by atoms with Crippen molar-refractivity contribution in [2.75, 3.05) is 20.2 Å². The molecule has 2 aromatic rings. The number of benzene rings is 2. The minimum absolute atomic E-state index is 0.0599. The van der Waals surface area contributed by atoms with Gasteiger partial charge < -0.3 is 15.4 Å². The zero-order valence-electron chi connectivity index (χ0n) is 18.6. The largest absolute Gasteiger partial charge is 0.496 e. The van der Waals surface area contributed by atoms with E-state index in [2.05, 4.69) is 10.6 Å². The minimum Gasteiger partial charge on any atom is -0.496 e. The molecule has 8 nitrogen and oxygen atoms in total. The van der Waals surface area contributed by atoms with Crippen LogP contribution in [-0.4, -0.2) is 54.8 Å². The van der Waals surface area contributed by atoms with Crippen molar-refractivity contribution in [2.45, 2.75) is 38.1 Å². The Kier molecular flexibility index (Phi) is 6.72. The molecular weight excluding hydrogens is 422 g/mol. The van der Waals surface area contributed by atoms with Gasteiger partial charge in [0, 0.05) is 24.7 Å². The topological polar surface area (TPSA) is 105 Å². The van der Waals surface area contributed by atoms with Crippen LogP contribution in [0.4, 0.5) is 0 Å². The van der Waals surface area contributed by atoms with E-state index in [9.17, 15) is 19.2 Å². The Labute approximate surface area is 192 Å². The molecular formula is C25H27N3O5. The first-order valence-corrected chi connectivity index (χ1v) is 11.2. The van der Waals surface area contributed by atoms with Crippen molar-refractivity contribution in [2.24, 2.45) is 0 Å². The zero-order chi connectivity index (χ0) is 23.4. The van der Waals surface area contributed by atoms with Crippen LogP contribution in [0.15, 0.2) is 42.5 Å². The molecule has 4 amide bonds. The number of para-hydroxylation sites is 1. The fourth-order valence-electron chi connectivity index (χ4n) is 4.45. The molecule has 172 valence electrons. The summed E-state index contributed by atoms with van der Waals surface area (Å²) in [6, 6.07) is 11.4. The predicted molar refractivity (Wildman–Crippen MR) is 121 cm³/mol. The van der Waals surface area contributed by atoms with E-state index in [0.29, 0.717) is 22.4 Å². The molecule has 0 bridgehead atoms. The number of carbonyl (C=O) groups excluding carboxylic acids is 4. The maximum atomic E-state index is 12.9. The second-order valence-electron chi connectivity index (χ2n) is 8.24. The van der Waals surface area contributed by atoms with E-state index in [-0.39, 0.29) is 48.3 Å². The van der Waals surface area contributed by atoms with Crippen LogP contribution in [0.5, 0.6) is 5.75 Å². The Hall–Kier alpha value is -3.68. The molecule has 0 atom stereocenters. The molecule has 1 aliphatic heterocycles. The summed E-state index contributed by atoms with van der Waals surface area (Å²) < 4.78 is 5.18. The standard InChI is InChI=1S/C25H27N3O5/c1-33-21-10-6-5-9-19(21)23(30)27-14-13-26-22(29)16-11-12-18-20(15-16)25(32)28(24(18)31)17-7-3-2-4-8-17/h5-6,9-12,15,17H,2-4,7-8,13-14H2,1H3,(H,26,29)(H,27,30). The van der Waals surface area contributed by atoms with Gasteiger partial charge in [0.2, 0.25) is 0 Å². The number of hydrogen-bond acceptors (Lipinski definition) is 5. The van der Waals surface area contributed by atoms with Crippen LogP contribution in [0.2, 0.25) is 0 Å². The van der Waals surface area contributed by atoms with Gasteiger partial charge in [-0.15, -0.1) is 0 Å². The molecule has 2 N–H and O–H groups in total. The van der Waals surface area contributed by atoms with Gasteiger partial charge in [-0.1, -0.05) is 31.4 Å². The summed E-state index contributed by atoms with van der Waals surface area (Å²) in [7, 11) is 1.50. The first kappa shape index (κ1) is 22.5. The Morgan fingerprint density at radius 1 is 0.909 bits per heavy atom. The summed E-state index contributed by atoms with van der Waals surface area (Å²) in [6.45, 7) is 0.429. The van der Waals surface area contributed by atoms with Gasteiger partial charge in [0.15, 0.2) is 0 Å². The van der Waals surface area contributed by atoms with Crippen molar-refractivity contribution in [1.29, 1.82) is 0 Å². The maximum Gasteiger partial charge on any atom is 0.261 e. The lowest BCUT2D eigenvalue weighted by Gasteiger charge is -2.29. The normalized spacial score (nSPS) is 15.8. The van der Waals surface area contributed by atoms with Crippen LogP contribution in [0.3, 0.4) is 0 Å². The summed E-state index contributed by atoms with van der Waals surface area (Å²) in [4.78, 5) is 52.0. The molecule has 0 saturated heterocycles. The number of methoxy groups -OCH3 is 1. The van der Waals surface area contributed by atoms with Crippen LogP contribution in [0, 0.1) is 0 Å². The van der Waals surface area contributed by atoms with E-state index in [1.807, 2.05) is 0 Å². The summed E-state index contributed by atoms with van der Waals surface area (Å²) in [5.74, 6) is -0.793. The van der Waals surface area contributed by atoms with Gasteiger partial charge in [-0.05, 0) is 43.2 Å². The average Bonchev–Trinajstić information content (AvgIpc) is 3.11. The fourth-order valence-corrected chi connectivity index (χ4v) is 4.45. The SMILES string of the molecule is COc1ccccc1C(=O)NCCNC(=O)c1ccc2c(c1)C(=O)N(C1CCCCC1)C2=O. The van der Waals surface area contributed by atoms with Gasteiger partial charge in [-0.2, -0.15) is 0 Å². The third kappa shape index (κ3) is 4.60. The van der Waals surface area contributed by atoms with Crippen LogP contribution < -0.4 is 15.4 Å². The molecule has 1 fully saturated rings. The van der Waals surface area contributed by atoms with Crippen molar-refractivity contribution in [3.8, 4) is 5.75 Å². The van der Waals surface area contributed by atoms with E-state index >= 15 is 0 Å². The Balaban J connectivity index is 1.34. The molecule has 0 aromatic heterocycles. The van der Waals surface area contributed by atoms with Gasteiger partial charge in [-0.3, -0.25) is 24.1 Å². The van der Waals surface area contributed by atoms with Crippen molar-refractivity contribution in [3.63, 3.8) is 0 Å². The second kappa shape index (κ2) is 9.85. The molecule has 1 aliphatic carbocycles. The van der Waals surface area contributed by atoms with Gasteiger partial charge >= 0.3 is 0 Å². The minimum atomic E-state index is -0.374. The highest BCUT2D eigenvalue weighted by Crippen LogP contribution is 2.31. The van der Waals surface area contributed by atoms with Gasteiger partial charge in [0.1, 0.15) is 5.75 Å². The highest BCUT2D eigenvalue weighted by molar-refractivity contribution is 6.22. The second-order valence-corrected chi connectivity index (χ2v) is 8.24. The number of rotatable bonds is 7. The third-order valence-corrected chi connectivity index (χ3v) is 6.17. The lowest BCUT2D eigenvalue weighted by Crippen LogP contribution is -2.40. The fraction of sp³-hybridized carbons (Fsp3) is 0.360. The molecule has 1 heterocycles. The maximum absolute atomic E-state index is 12.9. The number of carbonyl (C=O) groups is 4. The third-order valence-electron chi connectivity index (χ3n) is 6.17. The van der Waals surface area contributed by atoms with Gasteiger partial charge in [-0.25, -0.2) is 0 Å². The lowest BCUT2D eigenvalue weighted by atomic mass is 9.94. The summed E-state index contributed by atoms with van der Waals surface area (Å²) in [6.07, 6.45) is 4.82. The van der Waals surface area contributed by atoms with E-state index in [1.165, 1.54) is 18.1 Å². The number of nitrogens with one attached hydrogen (secondary N) is 2. The van der Waals surface area contributed by atoms with E-state index in [0.717, 1.165) is 32.1 Å². The average molecular weight is 450 g/mol. The van der Waals surface area contributed by atoms with Crippen LogP contribution >= 0.6 is 0 Å². The van der Waals surface area contributed by atoms with E-state index in [4.69, 9.17) is 4.74 Å². The lowest BCUT2D eigenvalue weighted by molar-refractivity contribution is 0.0548. The van der Waals surface area contributed by atoms with Crippen LogP contribution in [0.25, 0.3) is 0 Å². The molecule has 1 saturated carbocycles. The first-order chi connectivity index (χ1) is 16.0. The number of hydrogen-bond donors (Lipinski definition) is 2. The molecule has 2 aliphatic rings. The molecule has 0 spiro atoms. The zero-order valence-corrected chi connectivity index (χ0v) is 18.6. The predicted octanol–water partition coefficient (Wildman–Crippen LogP) is 2.78. The number of nitrogens with zero attached hydrogens (tertiary/aromatic N) is 1. The Bertz CT molecular complexity index is 1090. The first-order valence-electron chi connectivity index (χ1n) is 11.2. The highest BCUT2D eigenvalue weighted by atomic mass is 16.5. The number of amides is 4. The quantitative estimate of drug-likeness (QED) is 0.500. The molecule has 0 radical (unpaired) electrons. The number of fused-ring (bicyclic) bond motifs is 1. The summed E-state index contributed by atoms with van der Waals surface area (Å²) in [5.41, 5.74) is 1.35.